The Morgan fingerprint density at radius 2 is 2.24 bits per heavy atom. The van der Waals surface area contributed by atoms with Crippen molar-refractivity contribution in [1.82, 2.24) is 5.32 Å². The molecule has 118 valence electrons. The Morgan fingerprint density at radius 3 is 3.00 bits per heavy atom. The van der Waals surface area contributed by atoms with Crippen LogP contribution < -0.4 is 15.0 Å². The van der Waals surface area contributed by atoms with Crippen molar-refractivity contribution in [3.8, 4) is 5.75 Å². The van der Waals surface area contributed by atoms with Gasteiger partial charge in [-0.1, -0.05) is 19.9 Å². The molecule has 21 heavy (non-hydrogen) atoms. The average molecular weight is 290 g/mol. The molecule has 0 amide bonds. The molecule has 0 saturated carbocycles. The minimum atomic E-state index is 0.278. The number of anilines is 1. The molecule has 2 atom stereocenters. The van der Waals surface area contributed by atoms with Gasteiger partial charge in [0.25, 0.3) is 0 Å². The zero-order valence-corrected chi connectivity index (χ0v) is 13.8. The topological polar surface area (TPSA) is 24.5 Å². The predicted octanol–water partition coefficient (Wildman–Crippen LogP) is 3.83. The van der Waals surface area contributed by atoms with Gasteiger partial charge in [0.05, 0.1) is 6.10 Å². The highest BCUT2D eigenvalue weighted by molar-refractivity contribution is 5.51. The highest BCUT2D eigenvalue weighted by Gasteiger charge is 2.19. The van der Waals surface area contributed by atoms with Crippen molar-refractivity contribution < 1.29 is 4.74 Å². The Labute approximate surface area is 129 Å². The van der Waals surface area contributed by atoms with Crippen molar-refractivity contribution in [1.29, 1.82) is 0 Å². The number of ether oxygens (including phenoxy) is 1. The Hall–Kier alpha value is -1.22. The standard InChI is InChI=1S/C18H30N2O/c1-4-11-19-16-8-7-12-20(14-16)17-9-6-10-18(13-17)21-15(3)5-2/h6,9-10,13,15-16,19H,4-5,7-8,11-12,14H2,1-3H3. The molecule has 1 heterocycles. The maximum absolute atomic E-state index is 5.94. The first-order valence-electron chi connectivity index (χ1n) is 8.48. The third-order valence-corrected chi connectivity index (χ3v) is 4.20. The molecule has 2 rings (SSSR count). The molecule has 0 bridgehead atoms. The second-order valence-electron chi connectivity index (χ2n) is 6.07. The first-order valence-corrected chi connectivity index (χ1v) is 8.48. The van der Waals surface area contributed by atoms with E-state index >= 15 is 0 Å². The highest BCUT2D eigenvalue weighted by atomic mass is 16.5. The van der Waals surface area contributed by atoms with Crippen molar-refractivity contribution in [2.75, 3.05) is 24.5 Å². The Bertz CT molecular complexity index is 421. The van der Waals surface area contributed by atoms with Crippen LogP contribution in [0.1, 0.15) is 46.5 Å². The average Bonchev–Trinajstić information content (AvgIpc) is 2.53. The maximum atomic E-state index is 5.94. The molecule has 3 heteroatoms. The van der Waals surface area contributed by atoms with E-state index in [9.17, 15) is 0 Å². The summed E-state index contributed by atoms with van der Waals surface area (Å²) >= 11 is 0. The van der Waals surface area contributed by atoms with Crippen molar-refractivity contribution in [2.24, 2.45) is 0 Å². The third-order valence-electron chi connectivity index (χ3n) is 4.20. The van der Waals surface area contributed by atoms with Gasteiger partial charge < -0.3 is 15.0 Å². The summed E-state index contributed by atoms with van der Waals surface area (Å²) in [6.07, 6.45) is 5.07. The largest absolute Gasteiger partial charge is 0.491 e. The van der Waals surface area contributed by atoms with Crippen LogP contribution in [0.4, 0.5) is 5.69 Å². The third kappa shape index (κ3) is 4.92. The van der Waals surface area contributed by atoms with Crippen LogP contribution in [0.2, 0.25) is 0 Å². The second-order valence-corrected chi connectivity index (χ2v) is 6.07. The molecule has 1 aromatic carbocycles. The monoisotopic (exact) mass is 290 g/mol. The molecule has 2 unspecified atom stereocenters. The van der Waals surface area contributed by atoms with Crippen LogP contribution in [-0.4, -0.2) is 31.8 Å². The van der Waals surface area contributed by atoms with Gasteiger partial charge in [0.15, 0.2) is 0 Å². The molecule has 0 spiro atoms. The smallest absolute Gasteiger partial charge is 0.121 e. The SMILES string of the molecule is CCCNC1CCCN(c2cccc(OC(C)CC)c2)C1. The van der Waals surface area contributed by atoms with Crippen LogP contribution in [0, 0.1) is 0 Å². The number of rotatable bonds is 7. The lowest BCUT2D eigenvalue weighted by atomic mass is 10.0. The van der Waals surface area contributed by atoms with Gasteiger partial charge in [0.1, 0.15) is 5.75 Å². The quantitative estimate of drug-likeness (QED) is 0.826. The van der Waals surface area contributed by atoms with E-state index in [1.807, 2.05) is 0 Å². The molecule has 0 radical (unpaired) electrons. The fourth-order valence-electron chi connectivity index (χ4n) is 2.80. The van der Waals surface area contributed by atoms with Gasteiger partial charge in [-0.15, -0.1) is 0 Å². The zero-order chi connectivity index (χ0) is 15.1. The molecule has 0 aliphatic carbocycles. The summed E-state index contributed by atoms with van der Waals surface area (Å²) in [5.74, 6) is 0.991. The van der Waals surface area contributed by atoms with E-state index in [-0.39, 0.29) is 6.10 Å². The minimum Gasteiger partial charge on any atom is -0.491 e. The summed E-state index contributed by atoms with van der Waals surface area (Å²) in [7, 11) is 0. The summed E-state index contributed by atoms with van der Waals surface area (Å²) < 4.78 is 5.94. The minimum absolute atomic E-state index is 0.278. The molecular formula is C18H30N2O. The fourth-order valence-corrected chi connectivity index (χ4v) is 2.80. The molecule has 1 aliphatic heterocycles. The van der Waals surface area contributed by atoms with Crippen molar-refractivity contribution in [3.63, 3.8) is 0 Å². The number of nitrogens with zero attached hydrogens (tertiary/aromatic N) is 1. The Morgan fingerprint density at radius 1 is 1.38 bits per heavy atom. The molecule has 1 fully saturated rings. The van der Waals surface area contributed by atoms with Crippen LogP contribution >= 0.6 is 0 Å². The summed E-state index contributed by atoms with van der Waals surface area (Å²) in [6.45, 7) is 9.88. The van der Waals surface area contributed by atoms with E-state index in [4.69, 9.17) is 4.74 Å². The van der Waals surface area contributed by atoms with E-state index in [0.717, 1.165) is 31.8 Å². The van der Waals surface area contributed by atoms with E-state index in [1.54, 1.807) is 0 Å². The predicted molar refractivity (Wildman–Crippen MR) is 90.4 cm³/mol. The molecule has 1 aliphatic rings. The van der Waals surface area contributed by atoms with Crippen molar-refractivity contribution in [2.45, 2.75) is 58.6 Å². The van der Waals surface area contributed by atoms with Gasteiger partial charge >= 0.3 is 0 Å². The van der Waals surface area contributed by atoms with Crippen LogP contribution in [0.15, 0.2) is 24.3 Å². The van der Waals surface area contributed by atoms with E-state index in [1.165, 1.54) is 24.9 Å². The van der Waals surface area contributed by atoms with Gasteiger partial charge in [-0.05, 0) is 51.3 Å². The number of hydrogen-bond donors (Lipinski definition) is 1. The van der Waals surface area contributed by atoms with Gasteiger partial charge in [0.2, 0.25) is 0 Å². The van der Waals surface area contributed by atoms with Crippen LogP contribution in [0.5, 0.6) is 5.75 Å². The van der Waals surface area contributed by atoms with E-state index in [2.05, 4.69) is 55.3 Å². The van der Waals surface area contributed by atoms with E-state index < -0.39 is 0 Å². The Kier molecular flexibility index (Phi) is 6.37. The molecule has 3 nitrogen and oxygen atoms in total. The number of piperidine rings is 1. The lowest BCUT2D eigenvalue weighted by Gasteiger charge is -2.35. The van der Waals surface area contributed by atoms with Crippen molar-refractivity contribution >= 4 is 5.69 Å². The second kappa shape index (κ2) is 8.28. The van der Waals surface area contributed by atoms with Gasteiger partial charge in [0, 0.05) is 30.9 Å². The van der Waals surface area contributed by atoms with Crippen LogP contribution in [0.3, 0.4) is 0 Å². The summed E-state index contributed by atoms with van der Waals surface area (Å²) in [5, 5.41) is 3.65. The highest BCUT2D eigenvalue weighted by Crippen LogP contribution is 2.25. The molecule has 1 aromatic rings. The molecule has 1 saturated heterocycles. The number of benzene rings is 1. The lowest BCUT2D eigenvalue weighted by molar-refractivity contribution is 0.217. The maximum Gasteiger partial charge on any atom is 0.121 e. The number of hydrogen-bond acceptors (Lipinski definition) is 3. The van der Waals surface area contributed by atoms with Crippen LogP contribution in [-0.2, 0) is 0 Å². The van der Waals surface area contributed by atoms with Crippen LogP contribution in [0.25, 0.3) is 0 Å². The summed E-state index contributed by atoms with van der Waals surface area (Å²) in [4.78, 5) is 2.49. The number of nitrogens with one attached hydrogen (secondary N) is 1. The first kappa shape index (κ1) is 16.2. The normalized spacial score (nSPS) is 20.3. The van der Waals surface area contributed by atoms with Gasteiger partial charge in [-0.2, -0.15) is 0 Å². The lowest BCUT2D eigenvalue weighted by Crippen LogP contribution is -2.46. The Balaban J connectivity index is 1.98. The summed E-state index contributed by atoms with van der Waals surface area (Å²) in [6, 6.07) is 9.18. The molecule has 1 N–H and O–H groups in total. The van der Waals surface area contributed by atoms with E-state index in [0.29, 0.717) is 6.04 Å². The first-order chi connectivity index (χ1) is 10.2. The molecule has 0 aromatic heterocycles. The van der Waals surface area contributed by atoms with Gasteiger partial charge in [-0.3, -0.25) is 0 Å². The fraction of sp³-hybridized carbons (Fsp3) is 0.667. The summed E-state index contributed by atoms with van der Waals surface area (Å²) in [5.41, 5.74) is 1.29. The molecular weight excluding hydrogens is 260 g/mol. The zero-order valence-electron chi connectivity index (χ0n) is 13.8. The van der Waals surface area contributed by atoms with Gasteiger partial charge in [-0.25, -0.2) is 0 Å². The van der Waals surface area contributed by atoms with Crippen molar-refractivity contribution in [3.05, 3.63) is 24.3 Å².